The van der Waals surface area contributed by atoms with E-state index in [1.54, 1.807) is 11.4 Å². The summed E-state index contributed by atoms with van der Waals surface area (Å²) in [5, 5.41) is 3.20. The zero-order valence-corrected chi connectivity index (χ0v) is 11.2. The second-order valence-electron chi connectivity index (χ2n) is 4.48. The van der Waals surface area contributed by atoms with Gasteiger partial charge in [0, 0.05) is 13.1 Å². The molecule has 16 heavy (non-hydrogen) atoms. The summed E-state index contributed by atoms with van der Waals surface area (Å²) in [6, 6.07) is 0.277. The Labute approximate surface area is 99.5 Å². The summed E-state index contributed by atoms with van der Waals surface area (Å²) in [5.74, 6) is 0.297. The molecule has 1 fully saturated rings. The second kappa shape index (κ2) is 6.57. The molecule has 0 aromatic rings. The first-order valence-corrected chi connectivity index (χ1v) is 7.85. The molecule has 0 unspecified atom stereocenters. The van der Waals surface area contributed by atoms with Crippen LogP contribution in [0.25, 0.3) is 0 Å². The van der Waals surface area contributed by atoms with Gasteiger partial charge >= 0.3 is 0 Å². The third-order valence-corrected chi connectivity index (χ3v) is 5.26. The van der Waals surface area contributed by atoms with Crippen molar-refractivity contribution < 1.29 is 8.42 Å². The topological polar surface area (TPSA) is 49.4 Å². The van der Waals surface area contributed by atoms with E-state index in [1.165, 1.54) is 6.42 Å². The van der Waals surface area contributed by atoms with Crippen LogP contribution >= 0.6 is 0 Å². The van der Waals surface area contributed by atoms with Crippen molar-refractivity contribution in [1.29, 1.82) is 0 Å². The number of sulfonamides is 1. The lowest BCUT2D eigenvalue weighted by Gasteiger charge is -2.33. The van der Waals surface area contributed by atoms with Crippen molar-refractivity contribution in [3.05, 3.63) is 0 Å². The molecule has 0 bridgehead atoms. The van der Waals surface area contributed by atoms with Crippen molar-refractivity contribution in [2.24, 2.45) is 0 Å². The zero-order valence-electron chi connectivity index (χ0n) is 10.4. The van der Waals surface area contributed by atoms with Crippen LogP contribution in [0.2, 0.25) is 0 Å². The fraction of sp³-hybridized carbons (Fsp3) is 1.00. The van der Waals surface area contributed by atoms with E-state index in [-0.39, 0.29) is 6.04 Å². The molecule has 0 aromatic heterocycles. The first kappa shape index (κ1) is 13.9. The van der Waals surface area contributed by atoms with Crippen molar-refractivity contribution in [2.45, 2.75) is 45.1 Å². The molecule has 5 heteroatoms. The van der Waals surface area contributed by atoms with Gasteiger partial charge in [0.1, 0.15) is 0 Å². The third-order valence-electron chi connectivity index (χ3n) is 3.28. The zero-order chi connectivity index (χ0) is 12.0. The molecule has 4 nitrogen and oxygen atoms in total. The molecule has 1 aliphatic carbocycles. The van der Waals surface area contributed by atoms with Gasteiger partial charge in [0.2, 0.25) is 10.0 Å². The van der Waals surface area contributed by atoms with Crippen molar-refractivity contribution in [2.75, 3.05) is 25.9 Å². The van der Waals surface area contributed by atoms with Crippen molar-refractivity contribution in [3.63, 3.8) is 0 Å². The minimum atomic E-state index is -3.00. The fourth-order valence-electron chi connectivity index (χ4n) is 1.83. The first-order chi connectivity index (χ1) is 7.58. The highest BCUT2D eigenvalue weighted by molar-refractivity contribution is 7.89. The van der Waals surface area contributed by atoms with Gasteiger partial charge in [-0.15, -0.1) is 0 Å². The van der Waals surface area contributed by atoms with Gasteiger partial charge in [0.25, 0.3) is 0 Å². The smallest absolute Gasteiger partial charge is 0.214 e. The SMILES string of the molecule is CCNCCCCS(=O)(=O)N(C)C1CCC1. The van der Waals surface area contributed by atoms with Gasteiger partial charge in [-0.1, -0.05) is 13.3 Å². The number of nitrogens with one attached hydrogen (secondary N) is 1. The Balaban J connectivity index is 2.22. The van der Waals surface area contributed by atoms with Crippen molar-refractivity contribution >= 4 is 10.0 Å². The maximum atomic E-state index is 11.9. The highest BCUT2D eigenvalue weighted by Gasteiger charge is 2.29. The summed E-state index contributed by atoms with van der Waals surface area (Å²) in [6.45, 7) is 3.93. The lowest BCUT2D eigenvalue weighted by molar-refractivity contribution is 0.249. The molecule has 0 radical (unpaired) electrons. The van der Waals surface area contributed by atoms with Gasteiger partial charge in [0.15, 0.2) is 0 Å². The van der Waals surface area contributed by atoms with Gasteiger partial charge in [-0.3, -0.25) is 0 Å². The Morgan fingerprint density at radius 3 is 2.50 bits per heavy atom. The summed E-state index contributed by atoms with van der Waals surface area (Å²) in [4.78, 5) is 0. The van der Waals surface area contributed by atoms with E-state index in [1.807, 2.05) is 0 Å². The van der Waals surface area contributed by atoms with Gasteiger partial charge < -0.3 is 5.32 Å². The minimum absolute atomic E-state index is 0.277. The normalized spacial score (nSPS) is 17.7. The van der Waals surface area contributed by atoms with E-state index in [4.69, 9.17) is 0 Å². The van der Waals surface area contributed by atoms with Crippen LogP contribution in [0.5, 0.6) is 0 Å². The van der Waals surface area contributed by atoms with E-state index < -0.39 is 10.0 Å². The average Bonchev–Trinajstić information content (AvgIpc) is 2.14. The summed E-state index contributed by atoms with van der Waals surface area (Å²) in [7, 11) is -1.28. The molecule has 0 amide bonds. The Bertz CT molecular complexity index is 286. The lowest BCUT2D eigenvalue weighted by atomic mass is 9.94. The largest absolute Gasteiger partial charge is 0.317 e. The van der Waals surface area contributed by atoms with Crippen LogP contribution in [0.1, 0.15) is 39.0 Å². The van der Waals surface area contributed by atoms with Crippen LogP contribution in [0.4, 0.5) is 0 Å². The predicted molar refractivity (Wildman–Crippen MR) is 67.0 cm³/mol. The molecule has 1 rings (SSSR count). The number of hydrogen-bond donors (Lipinski definition) is 1. The first-order valence-electron chi connectivity index (χ1n) is 6.24. The molecule has 0 saturated heterocycles. The Morgan fingerprint density at radius 1 is 1.31 bits per heavy atom. The molecule has 0 aliphatic heterocycles. The summed E-state index contributed by atoms with van der Waals surface area (Å²) >= 11 is 0. The highest BCUT2D eigenvalue weighted by Crippen LogP contribution is 2.25. The van der Waals surface area contributed by atoms with E-state index in [2.05, 4.69) is 12.2 Å². The number of hydrogen-bond acceptors (Lipinski definition) is 3. The van der Waals surface area contributed by atoms with Crippen LogP contribution < -0.4 is 5.32 Å². The summed E-state index contributed by atoms with van der Waals surface area (Å²) in [6.07, 6.45) is 4.93. The van der Waals surface area contributed by atoms with E-state index in [0.29, 0.717) is 5.75 Å². The number of rotatable bonds is 8. The van der Waals surface area contributed by atoms with Crippen molar-refractivity contribution in [1.82, 2.24) is 9.62 Å². The van der Waals surface area contributed by atoms with E-state index >= 15 is 0 Å². The average molecular weight is 248 g/mol. The molecule has 0 atom stereocenters. The molecular weight excluding hydrogens is 224 g/mol. The molecule has 1 N–H and O–H groups in total. The predicted octanol–water partition coefficient (Wildman–Crippen LogP) is 1.19. The Morgan fingerprint density at radius 2 is 2.00 bits per heavy atom. The monoisotopic (exact) mass is 248 g/mol. The molecule has 1 aliphatic rings. The maximum absolute atomic E-state index is 11.9. The molecular formula is C11H24N2O2S. The maximum Gasteiger partial charge on any atom is 0.214 e. The fourth-order valence-corrected chi connectivity index (χ4v) is 3.35. The molecule has 96 valence electrons. The van der Waals surface area contributed by atoms with Crippen LogP contribution in [0.3, 0.4) is 0 Å². The quantitative estimate of drug-likeness (QED) is 0.656. The molecule has 0 heterocycles. The number of nitrogens with zero attached hydrogens (tertiary/aromatic N) is 1. The number of unbranched alkanes of at least 4 members (excludes halogenated alkanes) is 1. The summed E-state index contributed by atoms with van der Waals surface area (Å²) < 4.78 is 25.4. The molecule has 0 spiro atoms. The van der Waals surface area contributed by atoms with Crippen LogP contribution in [-0.2, 0) is 10.0 Å². The third kappa shape index (κ3) is 4.03. The second-order valence-corrected chi connectivity index (χ2v) is 6.63. The van der Waals surface area contributed by atoms with E-state index in [0.717, 1.165) is 38.8 Å². The summed E-state index contributed by atoms with van der Waals surface area (Å²) in [5.41, 5.74) is 0. The Kier molecular flexibility index (Phi) is 5.72. The molecule has 1 saturated carbocycles. The Hall–Kier alpha value is -0.130. The van der Waals surface area contributed by atoms with Crippen molar-refractivity contribution in [3.8, 4) is 0 Å². The lowest BCUT2D eigenvalue weighted by Crippen LogP contribution is -2.42. The van der Waals surface area contributed by atoms with Crippen LogP contribution in [0.15, 0.2) is 0 Å². The highest BCUT2D eigenvalue weighted by atomic mass is 32.2. The van der Waals surface area contributed by atoms with Crippen LogP contribution in [-0.4, -0.2) is 44.7 Å². The standard InChI is InChI=1S/C11H24N2O2S/c1-3-12-9-4-5-10-16(14,15)13(2)11-7-6-8-11/h11-12H,3-10H2,1-2H3. The van der Waals surface area contributed by atoms with Gasteiger partial charge in [-0.25, -0.2) is 12.7 Å². The van der Waals surface area contributed by atoms with Crippen LogP contribution in [0, 0.1) is 0 Å². The van der Waals surface area contributed by atoms with Gasteiger partial charge in [0.05, 0.1) is 5.75 Å². The van der Waals surface area contributed by atoms with Gasteiger partial charge in [-0.2, -0.15) is 0 Å². The van der Waals surface area contributed by atoms with E-state index in [9.17, 15) is 8.42 Å². The minimum Gasteiger partial charge on any atom is -0.317 e. The van der Waals surface area contributed by atoms with Gasteiger partial charge in [-0.05, 0) is 38.8 Å². The molecule has 0 aromatic carbocycles.